The van der Waals surface area contributed by atoms with E-state index in [4.69, 9.17) is 4.98 Å². The Morgan fingerprint density at radius 3 is 2.80 bits per heavy atom. The zero-order valence-electron chi connectivity index (χ0n) is 17.1. The van der Waals surface area contributed by atoms with Crippen LogP contribution in [0.15, 0.2) is 45.2 Å². The average Bonchev–Trinajstić information content (AvgIpc) is 3.09. The molecule has 3 aromatic rings. The third kappa shape index (κ3) is 4.21. The molecule has 0 amide bonds. The van der Waals surface area contributed by atoms with Gasteiger partial charge in [-0.3, -0.25) is 9.36 Å². The van der Waals surface area contributed by atoms with E-state index in [0.717, 1.165) is 29.5 Å². The van der Waals surface area contributed by atoms with Crippen LogP contribution in [0.5, 0.6) is 0 Å². The molecule has 0 radical (unpaired) electrons. The van der Waals surface area contributed by atoms with Crippen molar-refractivity contribution in [2.24, 2.45) is 5.92 Å². The zero-order chi connectivity index (χ0) is 21.3. The molecule has 160 valence electrons. The lowest BCUT2D eigenvalue weighted by molar-refractivity contribution is 0.509. The van der Waals surface area contributed by atoms with Gasteiger partial charge in [-0.25, -0.2) is 18.1 Å². The Kier molecular flexibility index (Phi) is 6.34. The van der Waals surface area contributed by atoms with E-state index in [0.29, 0.717) is 23.4 Å². The average molecular weight is 464 g/mol. The third-order valence-corrected chi connectivity index (χ3v) is 8.98. The van der Waals surface area contributed by atoms with Crippen LogP contribution in [0.4, 0.5) is 0 Å². The number of nitrogens with zero attached hydrogens (tertiary/aromatic N) is 2. The third-order valence-electron chi connectivity index (χ3n) is 5.38. The lowest BCUT2D eigenvalue weighted by Crippen LogP contribution is -2.27. The number of thioether (sulfide) groups is 1. The lowest BCUT2D eigenvalue weighted by Gasteiger charge is -2.17. The van der Waals surface area contributed by atoms with Gasteiger partial charge in [-0.1, -0.05) is 36.9 Å². The molecule has 0 saturated heterocycles. The summed E-state index contributed by atoms with van der Waals surface area (Å²) in [4.78, 5) is 20.3. The quantitative estimate of drug-likeness (QED) is 0.328. The van der Waals surface area contributed by atoms with Crippen molar-refractivity contribution in [3.8, 4) is 0 Å². The molecule has 0 bridgehead atoms. The zero-order valence-corrected chi connectivity index (χ0v) is 19.5. The fourth-order valence-electron chi connectivity index (χ4n) is 3.80. The van der Waals surface area contributed by atoms with E-state index >= 15 is 0 Å². The molecule has 9 heteroatoms. The van der Waals surface area contributed by atoms with E-state index in [1.165, 1.54) is 22.2 Å². The maximum Gasteiger partial charge on any atom is 0.263 e. The van der Waals surface area contributed by atoms with Crippen LogP contribution < -0.4 is 10.3 Å². The van der Waals surface area contributed by atoms with E-state index in [-0.39, 0.29) is 17.0 Å². The topological polar surface area (TPSA) is 81.1 Å². The summed E-state index contributed by atoms with van der Waals surface area (Å²) in [5.41, 5.74) is 1.22. The van der Waals surface area contributed by atoms with Crippen molar-refractivity contribution in [2.75, 3.05) is 12.3 Å². The first kappa shape index (κ1) is 21.5. The number of benzene rings is 1. The second-order valence-corrected chi connectivity index (χ2v) is 11.4. The van der Waals surface area contributed by atoms with Crippen molar-refractivity contribution in [2.45, 2.75) is 49.7 Å². The minimum absolute atomic E-state index is 0.0296. The maximum atomic E-state index is 13.2. The highest BCUT2D eigenvalue weighted by Gasteiger charge is 2.24. The van der Waals surface area contributed by atoms with Crippen molar-refractivity contribution in [1.82, 2.24) is 14.3 Å². The predicted molar refractivity (Wildman–Crippen MR) is 123 cm³/mol. The van der Waals surface area contributed by atoms with Gasteiger partial charge in [0, 0.05) is 23.7 Å². The largest absolute Gasteiger partial charge is 0.287 e. The molecule has 1 N–H and O–H groups in total. The smallest absolute Gasteiger partial charge is 0.263 e. The van der Waals surface area contributed by atoms with Crippen LogP contribution in [-0.2, 0) is 29.4 Å². The number of aromatic nitrogens is 2. The van der Waals surface area contributed by atoms with Gasteiger partial charge in [-0.15, -0.1) is 11.3 Å². The summed E-state index contributed by atoms with van der Waals surface area (Å²) in [6, 6.07) is 8.32. The maximum absolute atomic E-state index is 13.2. The van der Waals surface area contributed by atoms with Crippen molar-refractivity contribution in [3.05, 3.63) is 51.1 Å². The molecular formula is C21H25N3O3S3. The van der Waals surface area contributed by atoms with Gasteiger partial charge in [0.25, 0.3) is 5.56 Å². The van der Waals surface area contributed by atoms with Crippen molar-refractivity contribution < 1.29 is 8.42 Å². The predicted octanol–water partition coefficient (Wildman–Crippen LogP) is 3.67. The van der Waals surface area contributed by atoms with E-state index in [1.807, 2.05) is 6.92 Å². The Morgan fingerprint density at radius 2 is 2.07 bits per heavy atom. The van der Waals surface area contributed by atoms with E-state index < -0.39 is 10.0 Å². The molecule has 1 unspecified atom stereocenters. The highest BCUT2D eigenvalue weighted by Crippen LogP contribution is 2.36. The number of thiophene rings is 1. The van der Waals surface area contributed by atoms with Gasteiger partial charge < -0.3 is 0 Å². The minimum Gasteiger partial charge on any atom is -0.287 e. The lowest BCUT2D eigenvalue weighted by atomic mass is 9.89. The van der Waals surface area contributed by atoms with Crippen LogP contribution in [0.1, 0.15) is 30.7 Å². The SMILES string of the molecule is CCn1c(SCCNS(=O)(=O)c2ccccc2)nc2sc3c(c2c1=O)CCC(C)C3. The monoisotopic (exact) mass is 463 g/mol. The Balaban J connectivity index is 1.52. The Morgan fingerprint density at radius 1 is 1.30 bits per heavy atom. The second kappa shape index (κ2) is 8.82. The fourth-order valence-corrected chi connectivity index (χ4v) is 7.32. The first-order chi connectivity index (χ1) is 14.4. The van der Waals surface area contributed by atoms with Gasteiger partial charge in [0.1, 0.15) is 4.83 Å². The molecule has 2 aromatic heterocycles. The second-order valence-electron chi connectivity index (χ2n) is 7.53. The van der Waals surface area contributed by atoms with Crippen molar-refractivity contribution in [1.29, 1.82) is 0 Å². The van der Waals surface area contributed by atoms with Crippen molar-refractivity contribution >= 4 is 43.3 Å². The highest BCUT2D eigenvalue weighted by molar-refractivity contribution is 7.99. The van der Waals surface area contributed by atoms with Crippen LogP contribution >= 0.6 is 23.1 Å². The number of aryl methyl sites for hydroxylation is 1. The van der Waals surface area contributed by atoms with E-state index in [9.17, 15) is 13.2 Å². The van der Waals surface area contributed by atoms with Crippen molar-refractivity contribution in [3.63, 3.8) is 0 Å². The molecule has 0 saturated carbocycles. The van der Waals surface area contributed by atoms with Gasteiger partial charge in [0.05, 0.1) is 10.3 Å². The molecule has 1 aliphatic carbocycles. The summed E-state index contributed by atoms with van der Waals surface area (Å²) in [5.74, 6) is 1.14. The van der Waals surface area contributed by atoms with Crippen LogP contribution in [0.25, 0.3) is 10.2 Å². The van der Waals surface area contributed by atoms with Gasteiger partial charge in [-0.2, -0.15) is 0 Å². The summed E-state index contributed by atoms with van der Waals surface area (Å²) < 4.78 is 29.0. The first-order valence-corrected chi connectivity index (χ1v) is 13.4. The number of hydrogen-bond donors (Lipinski definition) is 1. The molecule has 1 aliphatic rings. The highest BCUT2D eigenvalue weighted by atomic mass is 32.2. The van der Waals surface area contributed by atoms with Crippen LogP contribution in [0, 0.1) is 5.92 Å². The normalized spacial score (nSPS) is 16.7. The molecule has 1 aromatic carbocycles. The number of fused-ring (bicyclic) bond motifs is 3. The van der Waals surface area contributed by atoms with Gasteiger partial charge in [-0.05, 0) is 49.8 Å². The Bertz CT molecular complexity index is 1220. The number of nitrogens with one attached hydrogen (secondary N) is 1. The summed E-state index contributed by atoms with van der Waals surface area (Å²) >= 11 is 3.06. The minimum atomic E-state index is -3.53. The molecule has 1 atom stereocenters. The molecule has 0 fully saturated rings. The number of sulfonamides is 1. The summed E-state index contributed by atoms with van der Waals surface area (Å²) in [6.45, 7) is 5.00. The molecular weight excluding hydrogens is 438 g/mol. The number of hydrogen-bond acceptors (Lipinski definition) is 6. The van der Waals surface area contributed by atoms with Crippen LogP contribution in [0.3, 0.4) is 0 Å². The van der Waals surface area contributed by atoms with E-state index in [1.54, 1.807) is 46.2 Å². The van der Waals surface area contributed by atoms with Gasteiger partial charge in [0.2, 0.25) is 10.0 Å². The van der Waals surface area contributed by atoms with Crippen LogP contribution in [0.2, 0.25) is 0 Å². The summed E-state index contributed by atoms with van der Waals surface area (Å²) in [7, 11) is -3.53. The molecule has 6 nitrogen and oxygen atoms in total. The standard InChI is InChI=1S/C21H25N3O3S3/c1-3-24-20(25)18-16-10-9-14(2)13-17(16)29-19(18)23-21(24)28-12-11-22-30(26,27)15-7-5-4-6-8-15/h4-8,14,22H,3,9-13H2,1-2H3. The van der Waals surface area contributed by atoms with Crippen LogP contribution in [-0.4, -0.2) is 30.3 Å². The summed E-state index contributed by atoms with van der Waals surface area (Å²) in [5, 5.41) is 1.44. The fraction of sp³-hybridized carbons (Fsp3) is 0.429. The molecule has 0 spiro atoms. The molecule has 0 aliphatic heterocycles. The first-order valence-electron chi connectivity index (χ1n) is 10.1. The van der Waals surface area contributed by atoms with Gasteiger partial charge >= 0.3 is 0 Å². The Labute approximate surface area is 184 Å². The van der Waals surface area contributed by atoms with E-state index in [2.05, 4.69) is 11.6 Å². The Hall–Kier alpha value is -1.68. The summed E-state index contributed by atoms with van der Waals surface area (Å²) in [6.07, 6.45) is 3.08. The number of rotatable bonds is 7. The molecule has 4 rings (SSSR count). The van der Waals surface area contributed by atoms with Gasteiger partial charge in [0.15, 0.2) is 5.16 Å². The molecule has 2 heterocycles. The molecule has 30 heavy (non-hydrogen) atoms.